The molecular formula is C28H49N7O10. The summed E-state index contributed by atoms with van der Waals surface area (Å²) in [5.41, 5.74) is -3.57. The minimum atomic E-state index is -1.46. The molecule has 0 spiro atoms. The lowest BCUT2D eigenvalue weighted by molar-refractivity contribution is -0.169. The van der Waals surface area contributed by atoms with E-state index in [0.29, 0.717) is 6.42 Å². The van der Waals surface area contributed by atoms with Crippen molar-refractivity contribution in [1.29, 1.82) is 0 Å². The van der Waals surface area contributed by atoms with Gasteiger partial charge in [-0.05, 0) is 89.5 Å². The van der Waals surface area contributed by atoms with E-state index < -0.39 is 77.2 Å². The summed E-state index contributed by atoms with van der Waals surface area (Å²) in [5.74, 6) is -1.61. The van der Waals surface area contributed by atoms with Gasteiger partial charge in [0.25, 0.3) is 5.91 Å². The molecule has 1 unspecified atom stereocenters. The fourth-order valence-electron chi connectivity index (χ4n) is 3.10. The monoisotopic (exact) mass is 643 g/mol. The third-order valence-electron chi connectivity index (χ3n) is 4.47. The molecule has 5 amide bonds. The Bertz CT molecular complexity index is 1070. The first-order chi connectivity index (χ1) is 20.3. The van der Waals surface area contributed by atoms with E-state index in [1.54, 1.807) is 83.1 Å². The summed E-state index contributed by atoms with van der Waals surface area (Å²) in [7, 11) is 0. The van der Waals surface area contributed by atoms with Gasteiger partial charge < -0.3 is 18.9 Å². The third-order valence-corrected chi connectivity index (χ3v) is 4.47. The minimum absolute atomic E-state index is 0.238. The van der Waals surface area contributed by atoms with Crippen molar-refractivity contribution in [3.8, 4) is 0 Å². The van der Waals surface area contributed by atoms with Crippen molar-refractivity contribution in [1.82, 2.24) is 26.3 Å². The van der Waals surface area contributed by atoms with Gasteiger partial charge in [0.2, 0.25) is 11.9 Å². The van der Waals surface area contributed by atoms with Crippen LogP contribution in [0.3, 0.4) is 0 Å². The highest BCUT2D eigenvalue weighted by molar-refractivity contribution is 6.03. The average molecular weight is 644 g/mol. The van der Waals surface area contributed by atoms with E-state index in [0.717, 1.165) is 5.06 Å². The Morgan fingerprint density at radius 2 is 1.00 bits per heavy atom. The van der Waals surface area contributed by atoms with Crippen molar-refractivity contribution in [3.05, 3.63) is 0 Å². The Labute approximate surface area is 264 Å². The van der Waals surface area contributed by atoms with Crippen LogP contribution in [0.1, 0.15) is 89.5 Å². The van der Waals surface area contributed by atoms with E-state index in [2.05, 4.69) is 31.3 Å². The lowest BCUT2D eigenvalue weighted by atomic mass is 10.2. The molecule has 45 heavy (non-hydrogen) atoms. The fraction of sp³-hybridized carbons (Fsp3) is 0.750. The zero-order valence-electron chi connectivity index (χ0n) is 28.3. The SMILES string of the molecule is CC(C)(C)OC(=O)NC(=NCC(N=C(NC(=O)OC(C)(C)C)NC(=O)OC(C)(C)C)C(=O)N1CCCO1)NC(=O)OC(C)(C)C. The van der Waals surface area contributed by atoms with Gasteiger partial charge in [-0.1, -0.05) is 0 Å². The molecule has 1 rings (SSSR count). The minimum Gasteiger partial charge on any atom is -0.444 e. The van der Waals surface area contributed by atoms with Crippen LogP contribution in [0.2, 0.25) is 0 Å². The number of hydroxylamine groups is 2. The number of ether oxygens (including phenoxy) is 4. The molecule has 1 fully saturated rings. The Kier molecular flexibility index (Phi) is 13.6. The van der Waals surface area contributed by atoms with E-state index in [-0.39, 0.29) is 13.2 Å². The van der Waals surface area contributed by atoms with Crippen molar-refractivity contribution in [3.63, 3.8) is 0 Å². The molecule has 0 bridgehead atoms. The van der Waals surface area contributed by atoms with Crippen LogP contribution in [0.25, 0.3) is 0 Å². The number of guanidine groups is 2. The molecule has 17 heteroatoms. The first-order valence-electron chi connectivity index (χ1n) is 14.4. The predicted octanol–water partition coefficient (Wildman–Crippen LogP) is 3.33. The maximum absolute atomic E-state index is 13.5. The lowest BCUT2D eigenvalue weighted by Crippen LogP contribution is -2.49. The van der Waals surface area contributed by atoms with E-state index in [1.807, 2.05) is 0 Å². The number of carbonyl (C=O) groups is 5. The summed E-state index contributed by atoms with van der Waals surface area (Å²) in [6.07, 6.45) is -3.32. The second kappa shape index (κ2) is 15.7. The maximum Gasteiger partial charge on any atom is 0.414 e. The van der Waals surface area contributed by atoms with Crippen molar-refractivity contribution in [2.45, 2.75) is 118 Å². The molecule has 0 radical (unpaired) electrons. The number of carbonyl (C=O) groups excluding carboxylic acids is 5. The maximum atomic E-state index is 13.5. The number of hydrogen-bond acceptors (Lipinski definition) is 12. The predicted molar refractivity (Wildman–Crippen MR) is 163 cm³/mol. The zero-order chi connectivity index (χ0) is 34.8. The molecule has 1 aliphatic rings. The number of rotatable bonds is 4. The molecule has 17 nitrogen and oxygen atoms in total. The quantitative estimate of drug-likeness (QED) is 0.200. The normalized spacial score (nSPS) is 14.3. The largest absolute Gasteiger partial charge is 0.444 e. The number of nitrogens with zero attached hydrogens (tertiary/aromatic N) is 3. The number of amides is 5. The van der Waals surface area contributed by atoms with E-state index in [1.165, 1.54) is 0 Å². The first-order valence-corrected chi connectivity index (χ1v) is 14.4. The van der Waals surface area contributed by atoms with Crippen LogP contribution in [-0.2, 0) is 28.6 Å². The summed E-state index contributed by atoms with van der Waals surface area (Å²) in [6.45, 7) is 19.6. The van der Waals surface area contributed by atoms with Crippen LogP contribution in [0.15, 0.2) is 9.98 Å². The summed E-state index contributed by atoms with van der Waals surface area (Å²) < 4.78 is 21.0. The number of hydrogen-bond donors (Lipinski definition) is 4. The molecule has 4 N–H and O–H groups in total. The van der Waals surface area contributed by atoms with Gasteiger partial charge >= 0.3 is 24.4 Å². The van der Waals surface area contributed by atoms with Crippen LogP contribution in [0, 0.1) is 0 Å². The van der Waals surface area contributed by atoms with Gasteiger partial charge in [-0.25, -0.2) is 34.2 Å². The molecule has 0 saturated carbocycles. The molecule has 1 heterocycles. The van der Waals surface area contributed by atoms with Crippen LogP contribution in [-0.4, -0.2) is 95.4 Å². The highest BCUT2D eigenvalue weighted by Gasteiger charge is 2.30. The van der Waals surface area contributed by atoms with Crippen LogP contribution in [0.4, 0.5) is 19.2 Å². The van der Waals surface area contributed by atoms with Gasteiger partial charge in [0, 0.05) is 0 Å². The molecule has 0 aromatic heterocycles. The molecule has 1 atom stereocenters. The molecule has 0 aromatic carbocycles. The second-order valence-corrected chi connectivity index (χ2v) is 13.8. The summed E-state index contributed by atoms with van der Waals surface area (Å²) in [6, 6.07) is -1.46. The highest BCUT2D eigenvalue weighted by Crippen LogP contribution is 2.12. The second-order valence-electron chi connectivity index (χ2n) is 13.8. The van der Waals surface area contributed by atoms with Crippen LogP contribution >= 0.6 is 0 Å². The molecule has 1 aliphatic heterocycles. The van der Waals surface area contributed by atoms with Crippen molar-refractivity contribution >= 4 is 42.2 Å². The van der Waals surface area contributed by atoms with Crippen LogP contribution < -0.4 is 21.3 Å². The smallest absolute Gasteiger partial charge is 0.414 e. The number of alkyl carbamates (subject to hydrolysis) is 4. The zero-order valence-corrected chi connectivity index (χ0v) is 28.3. The van der Waals surface area contributed by atoms with Crippen molar-refractivity contribution in [2.75, 3.05) is 19.7 Å². The Morgan fingerprint density at radius 1 is 0.644 bits per heavy atom. The lowest BCUT2D eigenvalue weighted by Gasteiger charge is -2.24. The molecule has 1 saturated heterocycles. The topological polar surface area (TPSA) is 208 Å². The molecule has 256 valence electrons. The van der Waals surface area contributed by atoms with Crippen LogP contribution in [0.5, 0.6) is 0 Å². The van der Waals surface area contributed by atoms with Gasteiger partial charge in [0.15, 0.2) is 6.04 Å². The Hall–Kier alpha value is -4.15. The van der Waals surface area contributed by atoms with E-state index in [9.17, 15) is 24.0 Å². The molecule has 0 aliphatic carbocycles. The van der Waals surface area contributed by atoms with Crippen molar-refractivity contribution in [2.24, 2.45) is 9.98 Å². The summed E-state index contributed by atoms with van der Waals surface area (Å²) in [4.78, 5) is 77.5. The molecular weight excluding hydrogens is 594 g/mol. The fourth-order valence-corrected chi connectivity index (χ4v) is 3.10. The standard InChI is InChI=1S/C28H49N7O10/c1-25(2,3)42-21(37)31-19(32-22(38)43-26(4,5)6)29-16-17(18(36)35-14-13-15-41-35)30-20(33-23(39)44-27(7,8)9)34-24(40)45-28(10,11)12/h17H,13-16H2,1-12H3,(H2,29,31,32,37,38)(H2,30,33,34,39,40). The molecule has 0 aromatic rings. The van der Waals surface area contributed by atoms with Gasteiger partial charge in [0.1, 0.15) is 22.4 Å². The van der Waals surface area contributed by atoms with E-state index >= 15 is 0 Å². The Morgan fingerprint density at radius 3 is 1.31 bits per heavy atom. The van der Waals surface area contributed by atoms with E-state index in [4.69, 9.17) is 23.8 Å². The Balaban J connectivity index is 3.53. The highest BCUT2D eigenvalue weighted by atomic mass is 16.7. The van der Waals surface area contributed by atoms with Gasteiger partial charge in [0.05, 0.1) is 19.7 Å². The number of nitrogens with one attached hydrogen (secondary N) is 4. The van der Waals surface area contributed by atoms with Crippen molar-refractivity contribution < 1.29 is 47.8 Å². The van der Waals surface area contributed by atoms with Gasteiger partial charge in [-0.2, -0.15) is 0 Å². The first kappa shape index (κ1) is 38.9. The third kappa shape index (κ3) is 18.3. The average Bonchev–Trinajstić information content (AvgIpc) is 3.30. The van der Waals surface area contributed by atoms with Gasteiger partial charge in [-0.3, -0.25) is 30.9 Å². The summed E-state index contributed by atoms with van der Waals surface area (Å²) in [5, 5.41) is 10.3. The van der Waals surface area contributed by atoms with Gasteiger partial charge in [-0.15, -0.1) is 0 Å². The number of aliphatic imine (C=N–C) groups is 2. The summed E-state index contributed by atoms with van der Waals surface area (Å²) >= 11 is 0.